The van der Waals surface area contributed by atoms with Gasteiger partial charge < -0.3 is 11.5 Å². The number of aryl methyl sites for hydroxylation is 1. The predicted octanol–water partition coefficient (Wildman–Crippen LogP) is 1.75. The normalized spacial score (nSPS) is 11.0. The molecule has 4 N–H and O–H groups in total. The molecule has 0 amide bonds. The predicted molar refractivity (Wildman–Crippen MR) is 91.2 cm³/mol. The zero-order valence-electron chi connectivity index (χ0n) is 12.9. The molecule has 0 spiro atoms. The van der Waals surface area contributed by atoms with Gasteiger partial charge in [0.15, 0.2) is 5.82 Å². The van der Waals surface area contributed by atoms with E-state index in [4.69, 9.17) is 11.5 Å². The lowest BCUT2D eigenvalue weighted by atomic mass is 10.2. The third-order valence-electron chi connectivity index (χ3n) is 3.63. The summed E-state index contributed by atoms with van der Waals surface area (Å²) in [5.74, 6) is 1.50. The quantitative estimate of drug-likeness (QED) is 0.540. The van der Waals surface area contributed by atoms with Crippen molar-refractivity contribution in [3.05, 3.63) is 48.7 Å². The number of anilines is 2. The van der Waals surface area contributed by atoms with Gasteiger partial charge in [0, 0.05) is 29.5 Å². The fourth-order valence-electron chi connectivity index (χ4n) is 2.62. The Morgan fingerprint density at radius 2 is 1.88 bits per heavy atom. The molecule has 24 heavy (non-hydrogen) atoms. The maximum atomic E-state index is 6.01. The highest BCUT2D eigenvalue weighted by Gasteiger charge is 2.16. The minimum Gasteiger partial charge on any atom is -0.398 e. The van der Waals surface area contributed by atoms with Gasteiger partial charge in [-0.3, -0.25) is 0 Å². The smallest absolute Gasteiger partial charge is 0.182 e. The molecule has 8 nitrogen and oxygen atoms in total. The molecule has 0 radical (unpaired) electrons. The van der Waals surface area contributed by atoms with E-state index in [1.807, 2.05) is 18.2 Å². The Kier molecular flexibility index (Phi) is 3.09. The van der Waals surface area contributed by atoms with Crippen molar-refractivity contribution in [2.45, 2.75) is 6.92 Å². The van der Waals surface area contributed by atoms with E-state index in [1.54, 1.807) is 36.3 Å². The lowest BCUT2D eigenvalue weighted by Gasteiger charge is -2.09. The van der Waals surface area contributed by atoms with Crippen molar-refractivity contribution >= 4 is 22.4 Å². The molecule has 3 aromatic heterocycles. The zero-order chi connectivity index (χ0) is 16.7. The lowest BCUT2D eigenvalue weighted by Crippen LogP contribution is -2.06. The third-order valence-corrected chi connectivity index (χ3v) is 3.63. The molecule has 0 unspecified atom stereocenters. The average molecular weight is 318 g/mol. The Hall–Kier alpha value is -3.55. The summed E-state index contributed by atoms with van der Waals surface area (Å²) < 4.78 is 1.70. The van der Waals surface area contributed by atoms with E-state index in [0.29, 0.717) is 34.5 Å². The number of hydrogen-bond acceptors (Lipinski definition) is 7. The number of nitrogens with two attached hydrogens (primary N) is 2. The van der Waals surface area contributed by atoms with Crippen LogP contribution in [0.25, 0.3) is 28.1 Å². The highest BCUT2D eigenvalue weighted by molar-refractivity contribution is 5.91. The summed E-state index contributed by atoms with van der Waals surface area (Å²) in [6, 6.07) is 7.30. The number of rotatable bonds is 2. The van der Waals surface area contributed by atoms with Crippen LogP contribution in [0.4, 0.5) is 11.5 Å². The second-order valence-electron chi connectivity index (χ2n) is 5.29. The van der Waals surface area contributed by atoms with Crippen LogP contribution < -0.4 is 11.5 Å². The molecule has 118 valence electrons. The molecule has 3 heterocycles. The first-order chi connectivity index (χ1) is 11.6. The van der Waals surface area contributed by atoms with Gasteiger partial charge in [-0.15, -0.1) is 0 Å². The van der Waals surface area contributed by atoms with Gasteiger partial charge in [-0.25, -0.2) is 24.6 Å². The first-order valence-electron chi connectivity index (χ1n) is 7.28. The highest BCUT2D eigenvalue weighted by Crippen LogP contribution is 2.27. The molecule has 0 aliphatic heterocycles. The zero-order valence-corrected chi connectivity index (χ0v) is 12.9. The summed E-state index contributed by atoms with van der Waals surface area (Å²) in [6.07, 6.45) is 4.92. The van der Waals surface area contributed by atoms with Crippen LogP contribution in [0.3, 0.4) is 0 Å². The molecule has 4 rings (SSSR count). The minimum atomic E-state index is 0.378. The van der Waals surface area contributed by atoms with Crippen molar-refractivity contribution in [1.82, 2.24) is 29.7 Å². The van der Waals surface area contributed by atoms with E-state index in [0.717, 1.165) is 10.9 Å². The summed E-state index contributed by atoms with van der Waals surface area (Å²) in [4.78, 5) is 17.4. The molecule has 4 aromatic rings. The number of fused-ring (bicyclic) bond motifs is 1. The number of nitrogen functional groups attached to an aromatic ring is 2. The van der Waals surface area contributed by atoms with Gasteiger partial charge in [0.05, 0.1) is 17.4 Å². The Balaban J connectivity index is 1.98. The highest BCUT2D eigenvalue weighted by atomic mass is 15.3. The minimum absolute atomic E-state index is 0.378. The van der Waals surface area contributed by atoms with Crippen LogP contribution in [0.5, 0.6) is 0 Å². The van der Waals surface area contributed by atoms with E-state index < -0.39 is 0 Å². The standard InChI is InChI=1S/C16H14N8/c1-9-22-12(7-14(18)23-9)15-16(20-6-5-19-15)24-13-4-2-3-11(17)10(13)8-21-24/h2-8H,17H2,1H3,(H2,18,22,23). The van der Waals surface area contributed by atoms with Crippen LogP contribution in [0.15, 0.2) is 42.9 Å². The maximum Gasteiger partial charge on any atom is 0.182 e. The van der Waals surface area contributed by atoms with Crippen LogP contribution in [0.2, 0.25) is 0 Å². The SMILES string of the molecule is Cc1nc(N)cc(-c2nccnc2-n2ncc3c(N)cccc32)n1. The van der Waals surface area contributed by atoms with Gasteiger partial charge in [-0.1, -0.05) is 6.07 Å². The maximum absolute atomic E-state index is 6.01. The molecule has 0 aliphatic carbocycles. The van der Waals surface area contributed by atoms with Crippen LogP contribution in [-0.4, -0.2) is 29.7 Å². The van der Waals surface area contributed by atoms with Crippen molar-refractivity contribution in [3.8, 4) is 17.2 Å². The molecule has 0 aliphatic rings. The number of aromatic nitrogens is 6. The first kappa shape index (κ1) is 14.1. The van der Waals surface area contributed by atoms with Crippen molar-refractivity contribution in [2.75, 3.05) is 11.5 Å². The van der Waals surface area contributed by atoms with Crippen LogP contribution >= 0.6 is 0 Å². The third kappa shape index (κ3) is 2.21. The number of nitrogens with zero attached hydrogens (tertiary/aromatic N) is 6. The monoisotopic (exact) mass is 318 g/mol. The Morgan fingerprint density at radius 3 is 2.71 bits per heavy atom. The Morgan fingerprint density at radius 1 is 1.04 bits per heavy atom. The molecule has 0 bridgehead atoms. The van der Waals surface area contributed by atoms with Crippen molar-refractivity contribution in [3.63, 3.8) is 0 Å². The Bertz CT molecular complexity index is 1030. The summed E-state index contributed by atoms with van der Waals surface area (Å²) >= 11 is 0. The van der Waals surface area contributed by atoms with Gasteiger partial charge in [0.1, 0.15) is 17.3 Å². The average Bonchev–Trinajstić information content (AvgIpc) is 2.99. The van der Waals surface area contributed by atoms with Crippen LogP contribution in [0.1, 0.15) is 5.82 Å². The van der Waals surface area contributed by atoms with Crippen LogP contribution in [0, 0.1) is 6.92 Å². The molecule has 0 saturated heterocycles. The van der Waals surface area contributed by atoms with Crippen molar-refractivity contribution in [1.29, 1.82) is 0 Å². The molecule has 0 saturated carbocycles. The molecule has 1 aromatic carbocycles. The second-order valence-corrected chi connectivity index (χ2v) is 5.29. The van der Waals surface area contributed by atoms with Gasteiger partial charge in [-0.2, -0.15) is 5.10 Å². The fraction of sp³-hybridized carbons (Fsp3) is 0.0625. The van der Waals surface area contributed by atoms with E-state index in [1.165, 1.54) is 0 Å². The fourth-order valence-corrected chi connectivity index (χ4v) is 2.62. The molecular formula is C16H14N8. The molecular weight excluding hydrogens is 304 g/mol. The Labute approximate surface area is 137 Å². The van der Waals surface area contributed by atoms with Crippen molar-refractivity contribution in [2.24, 2.45) is 0 Å². The summed E-state index contributed by atoms with van der Waals surface area (Å²) in [7, 11) is 0. The lowest BCUT2D eigenvalue weighted by molar-refractivity contribution is 0.865. The summed E-state index contributed by atoms with van der Waals surface area (Å²) in [5, 5.41) is 5.27. The van der Waals surface area contributed by atoms with E-state index in [-0.39, 0.29) is 0 Å². The number of hydrogen-bond donors (Lipinski definition) is 2. The van der Waals surface area contributed by atoms with Gasteiger partial charge in [-0.05, 0) is 19.1 Å². The first-order valence-corrected chi connectivity index (χ1v) is 7.28. The molecule has 0 fully saturated rings. The van der Waals surface area contributed by atoms with E-state index >= 15 is 0 Å². The van der Waals surface area contributed by atoms with Gasteiger partial charge >= 0.3 is 0 Å². The van der Waals surface area contributed by atoms with Crippen LogP contribution in [-0.2, 0) is 0 Å². The molecule has 8 heteroatoms. The largest absolute Gasteiger partial charge is 0.398 e. The van der Waals surface area contributed by atoms with Crippen molar-refractivity contribution < 1.29 is 0 Å². The number of benzene rings is 1. The van der Waals surface area contributed by atoms with E-state index in [9.17, 15) is 0 Å². The summed E-state index contributed by atoms with van der Waals surface area (Å²) in [5.41, 5.74) is 14.5. The summed E-state index contributed by atoms with van der Waals surface area (Å²) in [6.45, 7) is 1.78. The van der Waals surface area contributed by atoms with Gasteiger partial charge in [0.25, 0.3) is 0 Å². The topological polar surface area (TPSA) is 121 Å². The second kappa shape index (κ2) is 5.27. The van der Waals surface area contributed by atoms with E-state index in [2.05, 4.69) is 25.0 Å². The van der Waals surface area contributed by atoms with Gasteiger partial charge in [0.2, 0.25) is 0 Å². The molecule has 0 atom stereocenters.